The van der Waals surface area contributed by atoms with Crippen LogP contribution in [0.2, 0.25) is 0 Å². The Labute approximate surface area is 124 Å². The number of aryl methyl sites for hydroxylation is 1. The van der Waals surface area contributed by atoms with Crippen LogP contribution in [0.3, 0.4) is 0 Å². The summed E-state index contributed by atoms with van der Waals surface area (Å²) in [5, 5.41) is 9.74. The lowest BCUT2D eigenvalue weighted by Gasteiger charge is -2.10. The SMILES string of the molecule is COCCOc1cc(CCCCCO)nc2ncccc12. The van der Waals surface area contributed by atoms with Crippen molar-refractivity contribution in [1.82, 2.24) is 9.97 Å². The van der Waals surface area contributed by atoms with Gasteiger partial charge in [-0.1, -0.05) is 6.42 Å². The highest BCUT2D eigenvalue weighted by atomic mass is 16.5. The summed E-state index contributed by atoms with van der Waals surface area (Å²) in [7, 11) is 1.65. The van der Waals surface area contributed by atoms with Crippen molar-refractivity contribution in [3.05, 3.63) is 30.1 Å². The number of methoxy groups -OCH3 is 1. The summed E-state index contributed by atoms with van der Waals surface area (Å²) in [5.74, 6) is 0.808. The van der Waals surface area contributed by atoms with E-state index in [9.17, 15) is 0 Å². The van der Waals surface area contributed by atoms with Gasteiger partial charge in [0.05, 0.1) is 12.0 Å². The van der Waals surface area contributed by atoms with Gasteiger partial charge in [0, 0.05) is 31.7 Å². The van der Waals surface area contributed by atoms with Crippen LogP contribution in [-0.4, -0.2) is 42.0 Å². The van der Waals surface area contributed by atoms with E-state index < -0.39 is 0 Å². The summed E-state index contributed by atoms with van der Waals surface area (Å²) >= 11 is 0. The first-order chi connectivity index (χ1) is 10.3. The van der Waals surface area contributed by atoms with Crippen molar-refractivity contribution in [2.45, 2.75) is 25.7 Å². The predicted octanol–water partition coefficient (Wildman–Crippen LogP) is 2.36. The van der Waals surface area contributed by atoms with Gasteiger partial charge in [0.15, 0.2) is 5.65 Å². The first kappa shape index (κ1) is 15.7. The number of pyridine rings is 2. The van der Waals surface area contributed by atoms with E-state index >= 15 is 0 Å². The molecule has 0 fully saturated rings. The Kier molecular flexibility index (Phi) is 6.37. The van der Waals surface area contributed by atoms with Crippen molar-refractivity contribution < 1.29 is 14.6 Å². The van der Waals surface area contributed by atoms with Crippen molar-refractivity contribution in [1.29, 1.82) is 0 Å². The molecule has 2 heterocycles. The second-order valence-corrected chi connectivity index (χ2v) is 4.86. The summed E-state index contributed by atoms with van der Waals surface area (Å²) in [4.78, 5) is 8.89. The topological polar surface area (TPSA) is 64.5 Å². The maximum atomic E-state index is 8.81. The molecule has 5 nitrogen and oxygen atoms in total. The number of aromatic nitrogens is 2. The average Bonchev–Trinajstić information content (AvgIpc) is 2.52. The third kappa shape index (κ3) is 4.65. The fraction of sp³-hybridized carbons (Fsp3) is 0.500. The quantitative estimate of drug-likeness (QED) is 0.718. The van der Waals surface area contributed by atoms with Crippen molar-refractivity contribution in [2.75, 3.05) is 26.9 Å². The summed E-state index contributed by atoms with van der Waals surface area (Å²) in [6, 6.07) is 5.83. The fourth-order valence-electron chi connectivity index (χ4n) is 2.15. The highest BCUT2D eigenvalue weighted by Gasteiger charge is 2.07. The van der Waals surface area contributed by atoms with Gasteiger partial charge in [-0.15, -0.1) is 0 Å². The van der Waals surface area contributed by atoms with Crippen molar-refractivity contribution >= 4 is 11.0 Å². The van der Waals surface area contributed by atoms with Gasteiger partial charge < -0.3 is 14.6 Å². The molecule has 1 N–H and O–H groups in total. The fourth-order valence-corrected chi connectivity index (χ4v) is 2.15. The monoisotopic (exact) mass is 290 g/mol. The van der Waals surface area contributed by atoms with Gasteiger partial charge >= 0.3 is 0 Å². The van der Waals surface area contributed by atoms with E-state index in [4.69, 9.17) is 14.6 Å². The smallest absolute Gasteiger partial charge is 0.163 e. The molecule has 2 rings (SSSR count). The first-order valence-corrected chi connectivity index (χ1v) is 7.32. The minimum atomic E-state index is 0.248. The number of unbranched alkanes of at least 4 members (excludes halogenated alkanes) is 2. The third-order valence-corrected chi connectivity index (χ3v) is 3.24. The molecular formula is C16H22N2O3. The molecule has 5 heteroatoms. The minimum Gasteiger partial charge on any atom is -0.490 e. The molecule has 0 saturated heterocycles. The normalized spacial score (nSPS) is 11.0. The van der Waals surface area contributed by atoms with Crippen LogP contribution in [0.4, 0.5) is 0 Å². The van der Waals surface area contributed by atoms with Crippen LogP contribution in [0, 0.1) is 0 Å². The van der Waals surface area contributed by atoms with Crippen LogP contribution in [0.5, 0.6) is 5.75 Å². The van der Waals surface area contributed by atoms with E-state index in [0.717, 1.165) is 42.5 Å². The van der Waals surface area contributed by atoms with Gasteiger partial charge in [0.25, 0.3) is 0 Å². The zero-order chi connectivity index (χ0) is 14.9. The van der Waals surface area contributed by atoms with E-state index in [1.807, 2.05) is 18.2 Å². The molecule has 0 atom stereocenters. The molecule has 0 aromatic carbocycles. The average molecular weight is 290 g/mol. The number of ether oxygens (including phenoxy) is 2. The van der Waals surface area contributed by atoms with Gasteiger partial charge in [-0.3, -0.25) is 0 Å². The van der Waals surface area contributed by atoms with Crippen LogP contribution < -0.4 is 4.74 Å². The Morgan fingerprint density at radius 3 is 2.90 bits per heavy atom. The second kappa shape index (κ2) is 8.54. The van der Waals surface area contributed by atoms with Gasteiger partial charge in [-0.25, -0.2) is 9.97 Å². The summed E-state index contributed by atoms with van der Waals surface area (Å²) in [6.07, 6.45) is 5.45. The third-order valence-electron chi connectivity index (χ3n) is 3.24. The van der Waals surface area contributed by atoms with Gasteiger partial charge in [0.2, 0.25) is 0 Å². The number of aliphatic hydroxyl groups is 1. The molecule has 0 bridgehead atoms. The van der Waals surface area contributed by atoms with Crippen LogP contribution in [0.25, 0.3) is 11.0 Å². The maximum Gasteiger partial charge on any atom is 0.163 e. The van der Waals surface area contributed by atoms with E-state index in [0.29, 0.717) is 18.9 Å². The van der Waals surface area contributed by atoms with Gasteiger partial charge in [0.1, 0.15) is 12.4 Å². The lowest BCUT2D eigenvalue weighted by atomic mass is 10.1. The molecule has 0 amide bonds. The van der Waals surface area contributed by atoms with Crippen LogP contribution in [0.15, 0.2) is 24.4 Å². The molecule has 114 valence electrons. The minimum absolute atomic E-state index is 0.248. The standard InChI is InChI=1S/C16H22N2O3/c1-20-10-11-21-15-12-13(6-3-2-4-9-19)18-16-14(15)7-5-8-17-16/h5,7-8,12,19H,2-4,6,9-11H2,1H3. The molecule has 0 aliphatic carbocycles. The summed E-state index contributed by atoms with van der Waals surface area (Å²) in [6.45, 7) is 1.31. The van der Waals surface area contributed by atoms with E-state index in [1.54, 1.807) is 13.3 Å². The first-order valence-electron chi connectivity index (χ1n) is 7.32. The van der Waals surface area contributed by atoms with Gasteiger partial charge in [-0.05, 0) is 31.4 Å². The van der Waals surface area contributed by atoms with Crippen molar-refractivity contribution in [3.63, 3.8) is 0 Å². The van der Waals surface area contributed by atoms with Gasteiger partial charge in [-0.2, -0.15) is 0 Å². The Morgan fingerprint density at radius 2 is 2.10 bits per heavy atom. The molecule has 0 spiro atoms. The van der Waals surface area contributed by atoms with Crippen molar-refractivity contribution in [3.8, 4) is 5.75 Å². The second-order valence-electron chi connectivity index (χ2n) is 4.86. The molecule has 21 heavy (non-hydrogen) atoms. The highest BCUT2D eigenvalue weighted by Crippen LogP contribution is 2.24. The molecule has 2 aromatic heterocycles. The Morgan fingerprint density at radius 1 is 1.19 bits per heavy atom. The van der Waals surface area contributed by atoms with Crippen molar-refractivity contribution in [2.24, 2.45) is 0 Å². The molecule has 0 unspecified atom stereocenters. The van der Waals surface area contributed by atoms with Crippen LogP contribution >= 0.6 is 0 Å². The Hall–Kier alpha value is -1.72. The number of hydrogen-bond donors (Lipinski definition) is 1. The Bertz CT molecular complexity index is 560. The number of fused-ring (bicyclic) bond motifs is 1. The maximum absolute atomic E-state index is 8.81. The van der Waals surface area contributed by atoms with Crippen LogP contribution in [-0.2, 0) is 11.2 Å². The zero-order valence-electron chi connectivity index (χ0n) is 12.4. The molecule has 0 aliphatic heterocycles. The van der Waals surface area contributed by atoms with E-state index in [1.165, 1.54) is 0 Å². The zero-order valence-corrected chi connectivity index (χ0v) is 12.4. The molecule has 0 aliphatic rings. The summed E-state index contributed by atoms with van der Waals surface area (Å²) < 4.78 is 10.8. The highest BCUT2D eigenvalue weighted by molar-refractivity contribution is 5.81. The molecule has 2 aromatic rings. The lowest BCUT2D eigenvalue weighted by Crippen LogP contribution is -2.06. The van der Waals surface area contributed by atoms with Crippen LogP contribution in [0.1, 0.15) is 25.0 Å². The largest absolute Gasteiger partial charge is 0.490 e. The number of aliphatic hydroxyl groups excluding tert-OH is 1. The molecular weight excluding hydrogens is 268 g/mol. The number of nitrogens with zero attached hydrogens (tertiary/aromatic N) is 2. The van der Waals surface area contributed by atoms with E-state index in [-0.39, 0.29) is 6.61 Å². The number of rotatable bonds is 9. The molecule has 0 saturated carbocycles. The molecule has 0 radical (unpaired) electrons. The lowest BCUT2D eigenvalue weighted by molar-refractivity contribution is 0.147. The number of hydrogen-bond acceptors (Lipinski definition) is 5. The van der Waals surface area contributed by atoms with E-state index in [2.05, 4.69) is 9.97 Å². The Balaban J connectivity index is 2.14. The predicted molar refractivity (Wildman–Crippen MR) is 81.5 cm³/mol. The summed E-state index contributed by atoms with van der Waals surface area (Å²) in [5.41, 5.74) is 1.69.